The molecule has 1 aliphatic heterocycles. The van der Waals surface area contributed by atoms with Crippen LogP contribution < -0.4 is 5.32 Å². The van der Waals surface area contributed by atoms with Gasteiger partial charge in [0.2, 0.25) is 11.1 Å². The normalized spacial score (nSPS) is 22.0. The first-order valence-corrected chi connectivity index (χ1v) is 11.1. The Morgan fingerprint density at radius 1 is 1.27 bits per heavy atom. The van der Waals surface area contributed by atoms with Gasteiger partial charge in [-0.3, -0.25) is 4.79 Å². The molecule has 0 amide bonds. The largest absolute Gasteiger partial charge is 0.328 e. The molecule has 5 nitrogen and oxygen atoms in total. The molecule has 4 rings (SSSR count). The van der Waals surface area contributed by atoms with Gasteiger partial charge in [-0.15, -0.1) is 16.9 Å². The van der Waals surface area contributed by atoms with Gasteiger partial charge < -0.3 is 5.32 Å². The maximum Gasteiger partial charge on any atom is 0.227 e. The highest BCUT2D eigenvalue weighted by atomic mass is 32.2. The molecule has 0 radical (unpaired) electrons. The van der Waals surface area contributed by atoms with Crippen molar-refractivity contribution in [3.05, 3.63) is 41.1 Å². The summed E-state index contributed by atoms with van der Waals surface area (Å²) in [7, 11) is 0. The van der Waals surface area contributed by atoms with Crippen molar-refractivity contribution in [3.8, 4) is 0 Å². The van der Waals surface area contributed by atoms with E-state index in [0.29, 0.717) is 12.3 Å². The van der Waals surface area contributed by atoms with Crippen LogP contribution in [0.2, 0.25) is 0 Å². The van der Waals surface area contributed by atoms with Gasteiger partial charge in [-0.05, 0) is 42.0 Å². The summed E-state index contributed by atoms with van der Waals surface area (Å²) in [6, 6.07) is 8.23. The van der Waals surface area contributed by atoms with Crippen LogP contribution in [0.1, 0.15) is 38.3 Å². The Kier molecular flexibility index (Phi) is 4.84. The maximum absolute atomic E-state index is 12.9. The quantitative estimate of drug-likeness (QED) is 0.787. The van der Waals surface area contributed by atoms with E-state index >= 15 is 0 Å². The summed E-state index contributed by atoms with van der Waals surface area (Å²) < 4.78 is 1.89. The van der Waals surface area contributed by atoms with Gasteiger partial charge >= 0.3 is 0 Å². The molecule has 0 fully saturated rings. The number of benzene rings is 1. The fraction of sp³-hybridized carbons (Fsp3) is 0.421. The van der Waals surface area contributed by atoms with Crippen LogP contribution in [0.15, 0.2) is 45.6 Å². The average molecular weight is 387 g/mol. The molecule has 1 aliphatic carbocycles. The molecule has 1 N–H and O–H groups in total. The van der Waals surface area contributed by atoms with Crippen LogP contribution in [0.25, 0.3) is 0 Å². The number of ketones is 1. The van der Waals surface area contributed by atoms with Gasteiger partial charge in [0.1, 0.15) is 6.04 Å². The molecule has 136 valence electrons. The Labute approximate surface area is 162 Å². The summed E-state index contributed by atoms with van der Waals surface area (Å²) in [5, 5.41) is 8.84. The van der Waals surface area contributed by atoms with E-state index < -0.39 is 0 Å². The van der Waals surface area contributed by atoms with Crippen molar-refractivity contribution in [3.63, 3.8) is 0 Å². The fourth-order valence-corrected chi connectivity index (χ4v) is 4.63. The molecule has 2 aliphatic rings. The van der Waals surface area contributed by atoms with Crippen LogP contribution in [0, 0.1) is 5.92 Å². The Bertz CT molecular complexity index is 872. The molecule has 1 aromatic heterocycles. The van der Waals surface area contributed by atoms with Crippen molar-refractivity contribution in [2.75, 3.05) is 17.3 Å². The molecule has 26 heavy (non-hydrogen) atoms. The lowest BCUT2D eigenvalue weighted by Gasteiger charge is -2.34. The number of fused-ring (bicyclic) bond motifs is 1. The number of carbonyl (C=O) groups excluding carboxylic acids is 1. The van der Waals surface area contributed by atoms with Crippen molar-refractivity contribution in [2.24, 2.45) is 5.92 Å². The first-order valence-electron chi connectivity index (χ1n) is 8.87. The van der Waals surface area contributed by atoms with E-state index in [4.69, 9.17) is 5.10 Å². The highest BCUT2D eigenvalue weighted by Crippen LogP contribution is 2.42. The number of anilines is 1. The number of nitrogens with one attached hydrogen (secondary N) is 1. The summed E-state index contributed by atoms with van der Waals surface area (Å²) in [6.07, 6.45) is 3.54. The van der Waals surface area contributed by atoms with Gasteiger partial charge in [-0.1, -0.05) is 37.7 Å². The second kappa shape index (κ2) is 7.12. The van der Waals surface area contributed by atoms with Gasteiger partial charge in [0.05, 0.1) is 0 Å². The number of aromatic nitrogens is 3. The lowest BCUT2D eigenvalue weighted by Crippen LogP contribution is -2.33. The molecule has 1 aromatic carbocycles. The zero-order chi connectivity index (χ0) is 18.3. The molecule has 0 unspecified atom stereocenters. The first-order chi connectivity index (χ1) is 12.6. The van der Waals surface area contributed by atoms with E-state index in [1.54, 1.807) is 23.5 Å². The minimum atomic E-state index is -0.198. The van der Waals surface area contributed by atoms with Crippen LogP contribution in [0.3, 0.4) is 0 Å². The molecule has 2 atom stereocenters. The molecular weight excluding hydrogens is 364 g/mol. The van der Waals surface area contributed by atoms with E-state index in [-0.39, 0.29) is 11.8 Å². The summed E-state index contributed by atoms with van der Waals surface area (Å²) >= 11 is 3.33. The van der Waals surface area contributed by atoms with Crippen LogP contribution in [-0.4, -0.2) is 32.6 Å². The SMILES string of the molecule is CCSc1nc2n(n1)[C@@H](c1ccc(SC)cc1)C1=C(C[C@H](C)CC1=O)N2. The monoisotopic (exact) mass is 386 g/mol. The highest BCUT2D eigenvalue weighted by Gasteiger charge is 2.38. The third kappa shape index (κ3) is 3.07. The number of allylic oxidation sites excluding steroid dienone is 2. The van der Waals surface area contributed by atoms with Crippen molar-refractivity contribution in [2.45, 2.75) is 42.8 Å². The zero-order valence-electron chi connectivity index (χ0n) is 15.2. The average Bonchev–Trinajstić information content (AvgIpc) is 3.02. The lowest BCUT2D eigenvalue weighted by atomic mass is 9.81. The predicted octanol–water partition coefficient (Wildman–Crippen LogP) is 4.38. The first kappa shape index (κ1) is 17.7. The smallest absolute Gasteiger partial charge is 0.227 e. The van der Waals surface area contributed by atoms with E-state index in [1.165, 1.54) is 4.90 Å². The van der Waals surface area contributed by atoms with Crippen molar-refractivity contribution in [1.82, 2.24) is 14.8 Å². The van der Waals surface area contributed by atoms with Gasteiger partial charge in [-0.25, -0.2) is 4.68 Å². The Balaban J connectivity index is 1.84. The van der Waals surface area contributed by atoms with Crippen LogP contribution in [-0.2, 0) is 4.79 Å². The van der Waals surface area contributed by atoms with E-state index in [2.05, 4.69) is 54.7 Å². The molecular formula is C19H22N4OS2. The summed E-state index contributed by atoms with van der Waals surface area (Å²) in [5.74, 6) is 2.23. The standard InChI is InChI=1S/C19H22N4OS2/c1-4-26-19-21-18-20-14-9-11(2)10-15(24)16(14)17(23(18)22-19)12-5-7-13(25-3)8-6-12/h5-8,11,17H,4,9-10H2,1-3H3,(H,20,21,22)/t11-,17-/m0/s1. The summed E-state index contributed by atoms with van der Waals surface area (Å²) in [4.78, 5) is 18.8. The number of Topliss-reactive ketones (excluding diaryl/α,β-unsaturated/α-hetero) is 1. The predicted molar refractivity (Wildman–Crippen MR) is 107 cm³/mol. The van der Waals surface area contributed by atoms with Crippen LogP contribution in [0.4, 0.5) is 5.95 Å². The molecule has 7 heteroatoms. The minimum Gasteiger partial charge on any atom is -0.328 e. The zero-order valence-corrected chi connectivity index (χ0v) is 16.8. The number of carbonyl (C=O) groups is 1. The molecule has 0 saturated carbocycles. The number of hydrogen-bond donors (Lipinski definition) is 1. The number of nitrogens with zero attached hydrogens (tertiary/aromatic N) is 3. The van der Waals surface area contributed by atoms with Gasteiger partial charge in [0.15, 0.2) is 5.78 Å². The second-order valence-corrected chi connectivity index (χ2v) is 8.84. The summed E-state index contributed by atoms with van der Waals surface area (Å²) in [6.45, 7) is 4.22. The Hall–Kier alpha value is -1.73. The van der Waals surface area contributed by atoms with Crippen molar-refractivity contribution in [1.29, 1.82) is 0 Å². The Morgan fingerprint density at radius 3 is 2.73 bits per heavy atom. The molecule has 0 bridgehead atoms. The third-order valence-corrected chi connectivity index (χ3v) is 6.27. The summed E-state index contributed by atoms with van der Waals surface area (Å²) in [5.41, 5.74) is 2.95. The highest BCUT2D eigenvalue weighted by molar-refractivity contribution is 7.99. The van der Waals surface area contributed by atoms with Gasteiger partial charge in [0, 0.05) is 22.6 Å². The number of hydrogen-bond acceptors (Lipinski definition) is 6. The van der Waals surface area contributed by atoms with Gasteiger partial charge in [0.25, 0.3) is 0 Å². The molecule has 0 spiro atoms. The number of rotatable bonds is 4. The van der Waals surface area contributed by atoms with E-state index in [0.717, 1.165) is 40.1 Å². The topological polar surface area (TPSA) is 59.8 Å². The molecule has 0 saturated heterocycles. The molecule has 2 heterocycles. The van der Waals surface area contributed by atoms with Gasteiger partial charge in [-0.2, -0.15) is 4.98 Å². The van der Waals surface area contributed by atoms with E-state index in [1.807, 2.05) is 4.68 Å². The van der Waals surface area contributed by atoms with Crippen LogP contribution >= 0.6 is 23.5 Å². The van der Waals surface area contributed by atoms with Crippen LogP contribution in [0.5, 0.6) is 0 Å². The third-order valence-electron chi connectivity index (χ3n) is 4.81. The Morgan fingerprint density at radius 2 is 2.04 bits per heavy atom. The van der Waals surface area contributed by atoms with E-state index in [9.17, 15) is 4.79 Å². The fourth-order valence-electron chi connectivity index (χ4n) is 3.67. The second-order valence-electron chi connectivity index (χ2n) is 6.73. The minimum absolute atomic E-state index is 0.198. The molecule has 2 aromatic rings. The number of thioether (sulfide) groups is 2. The van der Waals surface area contributed by atoms with Crippen molar-refractivity contribution < 1.29 is 4.79 Å². The lowest BCUT2D eigenvalue weighted by molar-refractivity contribution is -0.117. The maximum atomic E-state index is 12.9. The van der Waals surface area contributed by atoms with Crippen molar-refractivity contribution >= 4 is 35.3 Å².